The van der Waals surface area contributed by atoms with Crippen molar-refractivity contribution in [3.63, 3.8) is 0 Å². The Kier molecular flexibility index (Phi) is 5.28. The number of aromatic nitrogens is 1. The zero-order valence-electron chi connectivity index (χ0n) is 9.49. The van der Waals surface area contributed by atoms with Crippen molar-refractivity contribution in [1.82, 2.24) is 4.98 Å². The van der Waals surface area contributed by atoms with E-state index in [-0.39, 0.29) is 5.97 Å². The van der Waals surface area contributed by atoms with E-state index in [0.717, 1.165) is 15.1 Å². The quantitative estimate of drug-likeness (QED) is 0.486. The van der Waals surface area contributed by atoms with Crippen LogP contribution >= 0.6 is 27.7 Å². The van der Waals surface area contributed by atoms with E-state index in [9.17, 15) is 4.79 Å². The molecule has 0 aromatic carbocycles. The minimum atomic E-state index is -0.215. The van der Waals surface area contributed by atoms with Gasteiger partial charge in [0.05, 0.1) is 12.9 Å². The summed E-state index contributed by atoms with van der Waals surface area (Å²) in [6.07, 6.45) is 1.84. The first-order chi connectivity index (χ1) is 7.54. The average Bonchev–Trinajstić information content (AvgIpc) is 2.25. The van der Waals surface area contributed by atoms with Crippen molar-refractivity contribution < 1.29 is 9.53 Å². The van der Waals surface area contributed by atoms with Crippen LogP contribution in [0.2, 0.25) is 0 Å². The fourth-order valence-electron chi connectivity index (χ4n) is 1.18. The number of halogens is 1. The van der Waals surface area contributed by atoms with Crippen LogP contribution in [0, 0.1) is 0 Å². The lowest BCUT2D eigenvalue weighted by Crippen LogP contribution is -2.04. The first kappa shape index (κ1) is 13.5. The van der Waals surface area contributed by atoms with Crippen LogP contribution in [0.4, 0.5) is 0 Å². The molecule has 0 radical (unpaired) electrons. The van der Waals surface area contributed by atoms with E-state index in [2.05, 4.69) is 39.5 Å². The third-order valence-corrected chi connectivity index (χ3v) is 3.54. The molecule has 0 aliphatic heterocycles. The van der Waals surface area contributed by atoms with Crippen LogP contribution in [0.15, 0.2) is 21.8 Å². The predicted octanol–water partition coefficient (Wildman–Crippen LogP) is 3.23. The van der Waals surface area contributed by atoms with Crippen molar-refractivity contribution in [1.29, 1.82) is 0 Å². The molecule has 0 N–H and O–H groups in total. The summed E-state index contributed by atoms with van der Waals surface area (Å²) in [4.78, 5) is 16.3. The second-order valence-electron chi connectivity index (χ2n) is 3.56. The Labute approximate surface area is 108 Å². The van der Waals surface area contributed by atoms with Gasteiger partial charge in [-0.2, -0.15) is 0 Å². The molecular weight excluding hydrogens is 290 g/mol. The van der Waals surface area contributed by atoms with Gasteiger partial charge in [-0.3, -0.25) is 4.79 Å². The Bertz CT molecular complexity index is 382. The molecule has 0 spiro atoms. The molecule has 0 atom stereocenters. The van der Waals surface area contributed by atoms with Gasteiger partial charge in [-0.05, 0) is 33.5 Å². The maximum absolute atomic E-state index is 11.1. The van der Waals surface area contributed by atoms with Crippen molar-refractivity contribution in [2.45, 2.75) is 24.7 Å². The van der Waals surface area contributed by atoms with Crippen molar-refractivity contribution in [3.8, 4) is 0 Å². The average molecular weight is 304 g/mol. The summed E-state index contributed by atoms with van der Waals surface area (Å²) < 4.78 is 5.40. The minimum absolute atomic E-state index is 0.215. The molecule has 0 aliphatic rings. The number of nitrogens with zero attached hydrogens (tertiary/aromatic N) is 1. The molecule has 88 valence electrons. The Morgan fingerprint density at radius 3 is 2.88 bits per heavy atom. The number of hydrogen-bond acceptors (Lipinski definition) is 4. The number of carbonyl (C=O) groups is 1. The highest BCUT2D eigenvalue weighted by atomic mass is 79.9. The highest BCUT2D eigenvalue weighted by Gasteiger charge is 2.10. The Balaban J connectivity index is 2.84. The molecule has 0 aliphatic carbocycles. The third-order valence-electron chi connectivity index (χ3n) is 2.06. The molecule has 1 rings (SSSR count). The Morgan fingerprint density at radius 2 is 2.31 bits per heavy atom. The maximum Gasteiger partial charge on any atom is 0.315 e. The smallest absolute Gasteiger partial charge is 0.315 e. The zero-order valence-corrected chi connectivity index (χ0v) is 11.9. The fourth-order valence-corrected chi connectivity index (χ4v) is 2.70. The van der Waals surface area contributed by atoms with Crippen LogP contribution in [0.1, 0.15) is 25.3 Å². The minimum Gasteiger partial charge on any atom is -0.468 e. The number of rotatable bonds is 4. The SMILES string of the molecule is COC(=O)CSc1cc(Br)ncc1C(C)C. The molecule has 0 bridgehead atoms. The van der Waals surface area contributed by atoms with Gasteiger partial charge in [-0.1, -0.05) is 13.8 Å². The first-order valence-electron chi connectivity index (χ1n) is 4.89. The van der Waals surface area contributed by atoms with E-state index in [1.807, 2.05) is 12.3 Å². The van der Waals surface area contributed by atoms with E-state index < -0.39 is 0 Å². The lowest BCUT2D eigenvalue weighted by molar-refractivity contribution is -0.137. The summed E-state index contributed by atoms with van der Waals surface area (Å²) >= 11 is 4.81. The zero-order chi connectivity index (χ0) is 12.1. The van der Waals surface area contributed by atoms with Crippen LogP contribution in [0.3, 0.4) is 0 Å². The normalized spacial score (nSPS) is 10.6. The number of thioether (sulfide) groups is 1. The fraction of sp³-hybridized carbons (Fsp3) is 0.455. The molecule has 3 nitrogen and oxygen atoms in total. The molecule has 0 fully saturated rings. The summed E-state index contributed by atoms with van der Waals surface area (Å²) in [5.74, 6) is 0.500. The van der Waals surface area contributed by atoms with Gasteiger partial charge in [0, 0.05) is 11.1 Å². The molecule has 0 saturated heterocycles. The van der Waals surface area contributed by atoms with Gasteiger partial charge in [-0.25, -0.2) is 4.98 Å². The summed E-state index contributed by atoms with van der Waals surface area (Å²) in [6, 6.07) is 1.93. The van der Waals surface area contributed by atoms with Gasteiger partial charge in [-0.15, -0.1) is 11.8 Å². The van der Waals surface area contributed by atoms with E-state index in [1.165, 1.54) is 18.9 Å². The van der Waals surface area contributed by atoms with Gasteiger partial charge >= 0.3 is 5.97 Å². The highest BCUT2D eigenvalue weighted by molar-refractivity contribution is 9.10. The van der Waals surface area contributed by atoms with Crippen molar-refractivity contribution in [2.24, 2.45) is 0 Å². The van der Waals surface area contributed by atoms with Gasteiger partial charge in [0.2, 0.25) is 0 Å². The number of pyridine rings is 1. The molecule has 0 unspecified atom stereocenters. The van der Waals surface area contributed by atoms with E-state index in [1.54, 1.807) is 0 Å². The molecule has 0 saturated carbocycles. The monoisotopic (exact) mass is 303 g/mol. The second-order valence-corrected chi connectivity index (χ2v) is 5.39. The Hall–Kier alpha value is -0.550. The number of hydrogen-bond donors (Lipinski definition) is 0. The van der Waals surface area contributed by atoms with Crippen LogP contribution in [0.5, 0.6) is 0 Å². The predicted molar refractivity (Wildman–Crippen MR) is 68.8 cm³/mol. The van der Waals surface area contributed by atoms with E-state index >= 15 is 0 Å². The summed E-state index contributed by atoms with van der Waals surface area (Å²) in [6.45, 7) is 4.21. The standard InChI is InChI=1S/C11H14BrNO2S/c1-7(2)8-5-13-10(12)4-9(8)16-6-11(14)15-3/h4-5,7H,6H2,1-3H3. The molecule has 5 heteroatoms. The third kappa shape index (κ3) is 3.79. The van der Waals surface area contributed by atoms with Crippen LogP contribution in [-0.4, -0.2) is 23.8 Å². The molecule has 1 aromatic rings. The van der Waals surface area contributed by atoms with Gasteiger partial charge in [0.25, 0.3) is 0 Å². The lowest BCUT2D eigenvalue weighted by atomic mass is 10.1. The van der Waals surface area contributed by atoms with Crippen LogP contribution < -0.4 is 0 Å². The van der Waals surface area contributed by atoms with Crippen LogP contribution in [0.25, 0.3) is 0 Å². The first-order valence-corrected chi connectivity index (χ1v) is 6.67. The summed E-state index contributed by atoms with van der Waals surface area (Å²) in [7, 11) is 1.40. The van der Waals surface area contributed by atoms with E-state index in [0.29, 0.717) is 11.7 Å². The van der Waals surface area contributed by atoms with Gasteiger partial charge in [0.15, 0.2) is 0 Å². The summed E-state index contributed by atoms with van der Waals surface area (Å²) in [5.41, 5.74) is 1.15. The molecule has 16 heavy (non-hydrogen) atoms. The molecule has 0 amide bonds. The number of carbonyl (C=O) groups excluding carboxylic acids is 1. The lowest BCUT2D eigenvalue weighted by Gasteiger charge is -2.11. The molecular formula is C11H14BrNO2S. The van der Waals surface area contributed by atoms with Gasteiger partial charge < -0.3 is 4.74 Å². The summed E-state index contributed by atoms with van der Waals surface area (Å²) in [5, 5.41) is 0. The van der Waals surface area contributed by atoms with Crippen LogP contribution in [-0.2, 0) is 9.53 Å². The van der Waals surface area contributed by atoms with Crippen molar-refractivity contribution in [3.05, 3.63) is 22.4 Å². The second kappa shape index (κ2) is 6.25. The maximum atomic E-state index is 11.1. The number of methoxy groups -OCH3 is 1. The van der Waals surface area contributed by atoms with E-state index in [4.69, 9.17) is 0 Å². The molecule has 1 heterocycles. The van der Waals surface area contributed by atoms with Crippen molar-refractivity contribution >= 4 is 33.7 Å². The van der Waals surface area contributed by atoms with Crippen molar-refractivity contribution in [2.75, 3.05) is 12.9 Å². The topological polar surface area (TPSA) is 39.2 Å². The molecule has 1 aromatic heterocycles. The number of esters is 1. The number of ether oxygens (including phenoxy) is 1. The Morgan fingerprint density at radius 1 is 1.62 bits per heavy atom. The largest absolute Gasteiger partial charge is 0.468 e. The highest BCUT2D eigenvalue weighted by Crippen LogP contribution is 2.29. The van der Waals surface area contributed by atoms with Gasteiger partial charge in [0.1, 0.15) is 4.60 Å².